The number of hydrogen-bond donors (Lipinski definition) is 1. The Morgan fingerprint density at radius 3 is 2.47 bits per heavy atom. The van der Waals surface area contributed by atoms with Gasteiger partial charge in [-0.2, -0.15) is 0 Å². The van der Waals surface area contributed by atoms with Gasteiger partial charge in [0, 0.05) is 18.6 Å². The van der Waals surface area contributed by atoms with Crippen molar-refractivity contribution in [1.29, 1.82) is 0 Å². The van der Waals surface area contributed by atoms with Crippen LogP contribution in [-0.2, 0) is 4.74 Å². The monoisotopic (exact) mass is 213 g/mol. The van der Waals surface area contributed by atoms with Crippen molar-refractivity contribution in [1.82, 2.24) is 0 Å². The lowest BCUT2D eigenvalue weighted by atomic mass is 9.84. The van der Waals surface area contributed by atoms with Gasteiger partial charge in [-0.05, 0) is 25.2 Å². The highest BCUT2D eigenvalue weighted by molar-refractivity contribution is 4.84. The van der Waals surface area contributed by atoms with Gasteiger partial charge < -0.3 is 10.5 Å². The summed E-state index contributed by atoms with van der Waals surface area (Å²) in [5.41, 5.74) is 6.32. The van der Waals surface area contributed by atoms with E-state index >= 15 is 0 Å². The van der Waals surface area contributed by atoms with Gasteiger partial charge in [-0.3, -0.25) is 0 Å². The number of hydrogen-bond acceptors (Lipinski definition) is 2. The predicted octanol–water partition coefficient (Wildman–Crippen LogP) is 2.96. The average molecular weight is 213 g/mol. The van der Waals surface area contributed by atoms with Crippen molar-refractivity contribution < 1.29 is 4.74 Å². The molecule has 0 amide bonds. The summed E-state index contributed by atoms with van der Waals surface area (Å²) in [6.45, 7) is 7.65. The summed E-state index contributed by atoms with van der Waals surface area (Å²) >= 11 is 0. The number of rotatable bonds is 6. The van der Waals surface area contributed by atoms with Crippen molar-refractivity contribution in [3.8, 4) is 0 Å². The van der Waals surface area contributed by atoms with Gasteiger partial charge >= 0.3 is 0 Å². The second-order valence-corrected chi connectivity index (χ2v) is 4.85. The molecule has 1 aliphatic heterocycles. The Bertz CT molecular complexity index is 168. The van der Waals surface area contributed by atoms with Gasteiger partial charge in [0.15, 0.2) is 0 Å². The van der Waals surface area contributed by atoms with Crippen LogP contribution in [0, 0.1) is 11.8 Å². The maximum absolute atomic E-state index is 6.32. The molecule has 2 N–H and O–H groups in total. The first-order valence-electron chi connectivity index (χ1n) is 6.60. The van der Waals surface area contributed by atoms with E-state index in [1.165, 1.54) is 25.7 Å². The van der Waals surface area contributed by atoms with Gasteiger partial charge in [0.2, 0.25) is 0 Å². The lowest BCUT2D eigenvalue weighted by Gasteiger charge is -2.26. The van der Waals surface area contributed by atoms with E-state index in [4.69, 9.17) is 10.5 Å². The fourth-order valence-electron chi connectivity index (χ4n) is 2.76. The van der Waals surface area contributed by atoms with E-state index in [9.17, 15) is 0 Å². The molecule has 0 saturated carbocycles. The van der Waals surface area contributed by atoms with Crippen LogP contribution in [0.4, 0.5) is 0 Å². The molecule has 90 valence electrons. The number of ether oxygens (including phenoxy) is 1. The molecule has 0 spiro atoms. The maximum atomic E-state index is 6.32. The second kappa shape index (κ2) is 6.49. The Balaban J connectivity index is 2.41. The SMILES string of the molecule is CCC(CC)CC(N)C1CCOC1CC. The van der Waals surface area contributed by atoms with Gasteiger partial charge in [-0.1, -0.05) is 33.6 Å². The normalized spacial score (nSPS) is 28.6. The van der Waals surface area contributed by atoms with Crippen LogP contribution in [0.3, 0.4) is 0 Å². The third kappa shape index (κ3) is 3.46. The fraction of sp³-hybridized carbons (Fsp3) is 1.00. The average Bonchev–Trinajstić information content (AvgIpc) is 2.73. The van der Waals surface area contributed by atoms with Gasteiger partial charge in [0.25, 0.3) is 0 Å². The molecule has 1 saturated heterocycles. The standard InChI is InChI=1S/C13H27NO/c1-4-10(5-2)9-12(14)11-7-8-15-13(11)6-3/h10-13H,4-9,14H2,1-3H3. The molecular formula is C13H27NO. The second-order valence-electron chi connectivity index (χ2n) is 4.85. The first-order chi connectivity index (χ1) is 7.22. The van der Waals surface area contributed by atoms with Crippen LogP contribution in [0.25, 0.3) is 0 Å². The molecule has 2 heteroatoms. The zero-order valence-electron chi connectivity index (χ0n) is 10.5. The summed E-state index contributed by atoms with van der Waals surface area (Å²) in [6, 6.07) is 0.349. The predicted molar refractivity (Wildman–Crippen MR) is 64.8 cm³/mol. The van der Waals surface area contributed by atoms with E-state index in [-0.39, 0.29) is 0 Å². The van der Waals surface area contributed by atoms with E-state index in [0.717, 1.165) is 18.9 Å². The topological polar surface area (TPSA) is 35.2 Å². The largest absolute Gasteiger partial charge is 0.378 e. The molecule has 1 fully saturated rings. The van der Waals surface area contributed by atoms with E-state index in [0.29, 0.717) is 18.1 Å². The van der Waals surface area contributed by atoms with Crippen LogP contribution in [0.2, 0.25) is 0 Å². The van der Waals surface area contributed by atoms with E-state index < -0.39 is 0 Å². The molecule has 3 unspecified atom stereocenters. The Hall–Kier alpha value is -0.0800. The maximum Gasteiger partial charge on any atom is 0.0616 e. The Morgan fingerprint density at radius 1 is 1.27 bits per heavy atom. The van der Waals surface area contributed by atoms with Crippen LogP contribution in [0.1, 0.15) is 52.9 Å². The van der Waals surface area contributed by atoms with Crippen molar-refractivity contribution >= 4 is 0 Å². The summed E-state index contributed by atoms with van der Waals surface area (Å²) in [5.74, 6) is 1.41. The molecule has 0 bridgehead atoms. The van der Waals surface area contributed by atoms with Gasteiger partial charge in [-0.25, -0.2) is 0 Å². The molecule has 0 radical (unpaired) electrons. The highest BCUT2D eigenvalue weighted by Gasteiger charge is 2.32. The molecule has 15 heavy (non-hydrogen) atoms. The van der Waals surface area contributed by atoms with E-state index in [1.807, 2.05) is 0 Å². The Morgan fingerprint density at radius 2 is 1.93 bits per heavy atom. The molecule has 0 aromatic carbocycles. The van der Waals surface area contributed by atoms with Crippen LogP contribution in [0.15, 0.2) is 0 Å². The van der Waals surface area contributed by atoms with Gasteiger partial charge in [0.05, 0.1) is 6.10 Å². The Labute approximate surface area is 94.6 Å². The van der Waals surface area contributed by atoms with Crippen molar-refractivity contribution in [2.24, 2.45) is 17.6 Å². The highest BCUT2D eigenvalue weighted by Crippen LogP contribution is 2.29. The minimum absolute atomic E-state index is 0.349. The highest BCUT2D eigenvalue weighted by atomic mass is 16.5. The summed E-state index contributed by atoms with van der Waals surface area (Å²) in [5, 5.41) is 0. The third-order valence-electron chi connectivity index (χ3n) is 3.97. The quantitative estimate of drug-likeness (QED) is 0.736. The zero-order valence-corrected chi connectivity index (χ0v) is 10.5. The van der Waals surface area contributed by atoms with Crippen molar-refractivity contribution in [2.75, 3.05) is 6.61 Å². The first-order valence-corrected chi connectivity index (χ1v) is 6.60. The minimum Gasteiger partial charge on any atom is -0.378 e. The summed E-state index contributed by atoms with van der Waals surface area (Å²) in [4.78, 5) is 0. The Kier molecular flexibility index (Phi) is 5.62. The molecule has 1 aliphatic rings. The number of nitrogens with two attached hydrogens (primary N) is 1. The lowest BCUT2D eigenvalue weighted by molar-refractivity contribution is 0.0787. The fourth-order valence-corrected chi connectivity index (χ4v) is 2.76. The van der Waals surface area contributed by atoms with Crippen molar-refractivity contribution in [3.05, 3.63) is 0 Å². The zero-order chi connectivity index (χ0) is 11.3. The summed E-state index contributed by atoms with van der Waals surface area (Å²) in [7, 11) is 0. The molecule has 1 heterocycles. The minimum atomic E-state index is 0.349. The molecule has 1 rings (SSSR count). The van der Waals surface area contributed by atoms with Gasteiger partial charge in [-0.15, -0.1) is 0 Å². The smallest absolute Gasteiger partial charge is 0.0616 e. The molecule has 0 aliphatic carbocycles. The third-order valence-corrected chi connectivity index (χ3v) is 3.97. The first kappa shape index (κ1) is 13.0. The van der Waals surface area contributed by atoms with Crippen molar-refractivity contribution in [3.63, 3.8) is 0 Å². The van der Waals surface area contributed by atoms with E-state index in [1.54, 1.807) is 0 Å². The van der Waals surface area contributed by atoms with Crippen LogP contribution < -0.4 is 5.73 Å². The van der Waals surface area contributed by atoms with Crippen LogP contribution in [-0.4, -0.2) is 18.8 Å². The van der Waals surface area contributed by atoms with Crippen molar-refractivity contribution in [2.45, 2.75) is 65.0 Å². The summed E-state index contributed by atoms with van der Waals surface area (Å²) < 4.78 is 5.70. The molecule has 0 aromatic rings. The van der Waals surface area contributed by atoms with Crippen LogP contribution >= 0.6 is 0 Å². The van der Waals surface area contributed by atoms with E-state index in [2.05, 4.69) is 20.8 Å². The molecule has 0 aromatic heterocycles. The van der Waals surface area contributed by atoms with Crippen LogP contribution in [0.5, 0.6) is 0 Å². The molecule has 2 nitrogen and oxygen atoms in total. The lowest BCUT2D eigenvalue weighted by Crippen LogP contribution is -2.36. The molecular weight excluding hydrogens is 186 g/mol. The van der Waals surface area contributed by atoms with Gasteiger partial charge in [0.1, 0.15) is 0 Å². The molecule has 3 atom stereocenters. The summed E-state index contributed by atoms with van der Waals surface area (Å²) in [6.07, 6.45) is 6.40.